The molecule has 1 aliphatic carbocycles. The van der Waals surface area contributed by atoms with Crippen LogP contribution in [0.2, 0.25) is 5.02 Å². The number of rotatable bonds is 3. The van der Waals surface area contributed by atoms with Crippen molar-refractivity contribution in [3.63, 3.8) is 0 Å². The average Bonchev–Trinajstić information content (AvgIpc) is 2.88. The molecule has 0 radical (unpaired) electrons. The highest BCUT2D eigenvalue weighted by molar-refractivity contribution is 6.30. The number of benzene rings is 1. The predicted molar refractivity (Wildman–Crippen MR) is 82.4 cm³/mol. The molecule has 0 atom stereocenters. The fourth-order valence-corrected chi connectivity index (χ4v) is 2.83. The predicted octanol–water partition coefficient (Wildman–Crippen LogP) is 3.70. The summed E-state index contributed by atoms with van der Waals surface area (Å²) in [5, 5.41) is 0.733. The van der Waals surface area contributed by atoms with Gasteiger partial charge in [-0.3, -0.25) is 4.98 Å². The van der Waals surface area contributed by atoms with Gasteiger partial charge in [0, 0.05) is 11.2 Å². The smallest absolute Gasteiger partial charge is 0.338 e. The van der Waals surface area contributed by atoms with E-state index in [4.69, 9.17) is 16.3 Å². The summed E-state index contributed by atoms with van der Waals surface area (Å²) < 4.78 is 4.82. The van der Waals surface area contributed by atoms with Crippen LogP contribution in [-0.2, 0) is 17.6 Å². The molecule has 106 valence electrons. The number of hydrogen-bond acceptors (Lipinski definition) is 3. The second kappa shape index (κ2) is 5.70. The van der Waals surface area contributed by atoms with Crippen LogP contribution < -0.4 is 0 Å². The number of allylic oxidation sites excluding steroid dienone is 1. The van der Waals surface area contributed by atoms with E-state index in [1.165, 1.54) is 12.7 Å². The third kappa shape index (κ3) is 2.83. The molecule has 0 bridgehead atoms. The van der Waals surface area contributed by atoms with Crippen LogP contribution in [0.25, 0.3) is 6.08 Å². The number of esters is 1. The van der Waals surface area contributed by atoms with Gasteiger partial charge in [0.05, 0.1) is 18.4 Å². The highest BCUT2D eigenvalue weighted by Crippen LogP contribution is 2.29. The minimum absolute atomic E-state index is 0.314. The van der Waals surface area contributed by atoms with Crippen LogP contribution in [0.4, 0.5) is 0 Å². The van der Waals surface area contributed by atoms with Gasteiger partial charge in [-0.2, -0.15) is 0 Å². The molecule has 1 aromatic heterocycles. The lowest BCUT2D eigenvalue weighted by Gasteiger charge is -2.06. The zero-order chi connectivity index (χ0) is 14.8. The number of pyridine rings is 1. The quantitative estimate of drug-likeness (QED) is 0.811. The monoisotopic (exact) mass is 299 g/mol. The first-order valence-electron chi connectivity index (χ1n) is 6.67. The topological polar surface area (TPSA) is 39.2 Å². The van der Waals surface area contributed by atoms with E-state index in [0.29, 0.717) is 5.56 Å². The molecular formula is C17H14ClNO2. The molecule has 0 aliphatic heterocycles. The second-order valence-corrected chi connectivity index (χ2v) is 5.44. The molecule has 3 nitrogen and oxygen atoms in total. The summed E-state index contributed by atoms with van der Waals surface area (Å²) in [5.41, 5.74) is 4.77. The van der Waals surface area contributed by atoms with E-state index in [9.17, 15) is 4.79 Å². The van der Waals surface area contributed by atoms with E-state index in [-0.39, 0.29) is 5.97 Å². The number of carbonyl (C=O) groups is 1. The SMILES string of the molecule is COC(=O)c1ccnc2c1CC(Cc1cccc(Cl)c1)=C2. The maximum Gasteiger partial charge on any atom is 0.338 e. The molecule has 0 spiro atoms. The van der Waals surface area contributed by atoms with Crippen molar-refractivity contribution in [2.24, 2.45) is 0 Å². The van der Waals surface area contributed by atoms with E-state index in [0.717, 1.165) is 34.7 Å². The molecule has 0 fully saturated rings. The van der Waals surface area contributed by atoms with E-state index >= 15 is 0 Å². The largest absolute Gasteiger partial charge is 0.465 e. The number of fused-ring (bicyclic) bond motifs is 1. The molecular weight excluding hydrogens is 286 g/mol. The van der Waals surface area contributed by atoms with Gasteiger partial charge in [0.1, 0.15) is 0 Å². The highest BCUT2D eigenvalue weighted by atomic mass is 35.5. The number of halogens is 1. The van der Waals surface area contributed by atoms with Crippen molar-refractivity contribution >= 4 is 23.6 Å². The zero-order valence-corrected chi connectivity index (χ0v) is 12.4. The Morgan fingerprint density at radius 3 is 3.00 bits per heavy atom. The molecule has 1 aromatic carbocycles. The standard InChI is InChI=1S/C17H14ClNO2/c1-21-17(20)14-5-6-19-16-10-12(9-15(14)16)7-11-3-2-4-13(18)8-11/h2-6,8,10H,7,9H2,1H3. The number of carbonyl (C=O) groups excluding carboxylic acids is 1. The number of nitrogens with zero attached hydrogens (tertiary/aromatic N) is 1. The first-order valence-corrected chi connectivity index (χ1v) is 7.05. The van der Waals surface area contributed by atoms with Crippen LogP contribution in [0.1, 0.15) is 27.2 Å². The Bertz CT molecular complexity index is 737. The summed E-state index contributed by atoms with van der Waals surface area (Å²) in [6.07, 6.45) is 5.21. The molecule has 0 N–H and O–H groups in total. The van der Waals surface area contributed by atoms with Crippen LogP contribution in [0.3, 0.4) is 0 Å². The average molecular weight is 300 g/mol. The van der Waals surface area contributed by atoms with E-state index in [1.54, 1.807) is 12.3 Å². The number of ether oxygens (including phenoxy) is 1. The third-order valence-corrected chi connectivity index (χ3v) is 3.79. The van der Waals surface area contributed by atoms with Crippen LogP contribution in [0.5, 0.6) is 0 Å². The minimum atomic E-state index is -0.314. The second-order valence-electron chi connectivity index (χ2n) is 5.00. The van der Waals surface area contributed by atoms with Gasteiger partial charge in [-0.15, -0.1) is 0 Å². The number of hydrogen-bond donors (Lipinski definition) is 0. The lowest BCUT2D eigenvalue weighted by molar-refractivity contribution is 0.0599. The Morgan fingerprint density at radius 1 is 1.38 bits per heavy atom. The molecule has 0 saturated carbocycles. The summed E-state index contributed by atoms with van der Waals surface area (Å²) in [6.45, 7) is 0. The summed E-state index contributed by atoms with van der Waals surface area (Å²) in [5.74, 6) is -0.314. The Morgan fingerprint density at radius 2 is 2.24 bits per heavy atom. The fourth-order valence-electron chi connectivity index (χ4n) is 2.61. The Balaban J connectivity index is 1.85. The van der Waals surface area contributed by atoms with Crippen molar-refractivity contribution in [3.05, 3.63) is 69.5 Å². The van der Waals surface area contributed by atoms with Gasteiger partial charge in [-0.05, 0) is 48.2 Å². The molecule has 0 unspecified atom stereocenters. The molecule has 21 heavy (non-hydrogen) atoms. The van der Waals surface area contributed by atoms with Crippen LogP contribution in [0.15, 0.2) is 42.1 Å². The Kier molecular flexibility index (Phi) is 3.76. The summed E-state index contributed by atoms with van der Waals surface area (Å²) >= 11 is 6.01. The molecule has 2 aromatic rings. The lowest BCUT2D eigenvalue weighted by Crippen LogP contribution is -2.06. The minimum Gasteiger partial charge on any atom is -0.465 e. The fraction of sp³-hybridized carbons (Fsp3) is 0.176. The maximum atomic E-state index is 11.8. The van der Waals surface area contributed by atoms with Crippen molar-refractivity contribution in [2.45, 2.75) is 12.8 Å². The van der Waals surface area contributed by atoms with Gasteiger partial charge in [-0.25, -0.2) is 4.79 Å². The first-order chi connectivity index (χ1) is 10.2. The zero-order valence-electron chi connectivity index (χ0n) is 11.6. The molecule has 4 heteroatoms. The van der Waals surface area contributed by atoms with Crippen LogP contribution in [-0.4, -0.2) is 18.1 Å². The van der Waals surface area contributed by atoms with Crippen molar-refractivity contribution in [1.82, 2.24) is 4.98 Å². The molecule has 1 heterocycles. The molecule has 3 rings (SSSR count). The molecule has 0 amide bonds. The highest BCUT2D eigenvalue weighted by Gasteiger charge is 2.21. The van der Waals surface area contributed by atoms with E-state index < -0.39 is 0 Å². The lowest BCUT2D eigenvalue weighted by atomic mass is 10.0. The number of aromatic nitrogens is 1. The van der Waals surface area contributed by atoms with E-state index in [1.807, 2.05) is 30.3 Å². The maximum absolute atomic E-state index is 11.8. The van der Waals surface area contributed by atoms with Crippen LogP contribution >= 0.6 is 11.6 Å². The van der Waals surface area contributed by atoms with Gasteiger partial charge in [0.25, 0.3) is 0 Å². The van der Waals surface area contributed by atoms with Gasteiger partial charge in [0.15, 0.2) is 0 Å². The van der Waals surface area contributed by atoms with Crippen molar-refractivity contribution < 1.29 is 9.53 Å². The van der Waals surface area contributed by atoms with Crippen molar-refractivity contribution in [2.75, 3.05) is 7.11 Å². The molecule has 0 saturated heterocycles. The Labute approximate surface area is 128 Å². The Hall–Kier alpha value is -2.13. The van der Waals surface area contributed by atoms with Gasteiger partial charge >= 0.3 is 5.97 Å². The third-order valence-electron chi connectivity index (χ3n) is 3.56. The van der Waals surface area contributed by atoms with Crippen LogP contribution in [0, 0.1) is 0 Å². The summed E-state index contributed by atoms with van der Waals surface area (Å²) in [7, 11) is 1.39. The van der Waals surface area contributed by atoms with Gasteiger partial charge in [-0.1, -0.05) is 29.3 Å². The number of methoxy groups -OCH3 is 1. The first kappa shape index (κ1) is 13.8. The summed E-state index contributed by atoms with van der Waals surface area (Å²) in [6, 6.07) is 9.52. The normalized spacial score (nSPS) is 12.8. The summed E-state index contributed by atoms with van der Waals surface area (Å²) in [4.78, 5) is 16.1. The van der Waals surface area contributed by atoms with Crippen molar-refractivity contribution in [3.8, 4) is 0 Å². The van der Waals surface area contributed by atoms with E-state index in [2.05, 4.69) is 4.98 Å². The van der Waals surface area contributed by atoms with Gasteiger partial charge in [0.2, 0.25) is 0 Å². The van der Waals surface area contributed by atoms with Crippen molar-refractivity contribution in [1.29, 1.82) is 0 Å². The van der Waals surface area contributed by atoms with Gasteiger partial charge < -0.3 is 4.74 Å². The molecule has 1 aliphatic rings.